The summed E-state index contributed by atoms with van der Waals surface area (Å²) in [6.45, 7) is 0.223. The zero-order chi connectivity index (χ0) is 6.27. The van der Waals surface area contributed by atoms with E-state index in [1.807, 2.05) is 0 Å². The van der Waals surface area contributed by atoms with Crippen molar-refractivity contribution in [1.29, 1.82) is 0 Å². The van der Waals surface area contributed by atoms with Gasteiger partial charge in [-0.05, 0) is 25.2 Å². The van der Waals surface area contributed by atoms with E-state index in [4.69, 9.17) is 9.84 Å². The molecule has 0 aromatic carbocycles. The highest BCUT2D eigenvalue weighted by Crippen LogP contribution is 2.39. The number of hydrogen-bond donors (Lipinski definition) is 1. The van der Waals surface area contributed by atoms with Gasteiger partial charge in [0.2, 0.25) is 0 Å². The van der Waals surface area contributed by atoms with Crippen molar-refractivity contribution < 1.29 is 9.84 Å². The van der Waals surface area contributed by atoms with Gasteiger partial charge in [-0.1, -0.05) is 0 Å². The Morgan fingerprint density at radius 1 is 1.44 bits per heavy atom. The lowest BCUT2D eigenvalue weighted by molar-refractivity contribution is -0.0262. The van der Waals surface area contributed by atoms with Crippen molar-refractivity contribution in [2.45, 2.75) is 31.5 Å². The molecule has 0 amide bonds. The molecule has 0 aromatic rings. The SMILES string of the molecule is OCC1OC2CCC1C2. The molecule has 2 aliphatic rings. The van der Waals surface area contributed by atoms with E-state index in [0.29, 0.717) is 12.0 Å². The molecule has 1 N–H and O–H groups in total. The van der Waals surface area contributed by atoms with Gasteiger partial charge in [0.05, 0.1) is 18.8 Å². The summed E-state index contributed by atoms with van der Waals surface area (Å²) in [4.78, 5) is 0. The molecule has 2 rings (SSSR count). The van der Waals surface area contributed by atoms with E-state index >= 15 is 0 Å². The fourth-order valence-corrected chi connectivity index (χ4v) is 1.99. The van der Waals surface area contributed by atoms with Crippen molar-refractivity contribution in [2.24, 2.45) is 5.92 Å². The number of hydrogen-bond acceptors (Lipinski definition) is 2. The van der Waals surface area contributed by atoms with Gasteiger partial charge in [-0.2, -0.15) is 0 Å². The second-order valence-corrected chi connectivity index (χ2v) is 3.05. The average Bonchev–Trinajstić information content (AvgIpc) is 2.45. The zero-order valence-corrected chi connectivity index (χ0v) is 5.42. The van der Waals surface area contributed by atoms with Crippen LogP contribution < -0.4 is 0 Å². The molecule has 1 saturated heterocycles. The molecule has 2 bridgehead atoms. The normalized spacial score (nSPS) is 48.3. The van der Waals surface area contributed by atoms with Crippen LogP contribution in [-0.2, 0) is 4.74 Å². The highest BCUT2D eigenvalue weighted by Gasteiger charge is 2.39. The van der Waals surface area contributed by atoms with E-state index in [0.717, 1.165) is 0 Å². The number of fused-ring (bicyclic) bond motifs is 2. The van der Waals surface area contributed by atoms with Gasteiger partial charge in [-0.15, -0.1) is 0 Å². The lowest BCUT2D eigenvalue weighted by atomic mass is 10.0. The quantitative estimate of drug-likeness (QED) is 0.558. The maximum absolute atomic E-state index is 8.76. The van der Waals surface area contributed by atoms with Crippen LogP contribution in [-0.4, -0.2) is 23.9 Å². The van der Waals surface area contributed by atoms with Crippen molar-refractivity contribution in [3.63, 3.8) is 0 Å². The number of aliphatic hydroxyl groups is 1. The first-order valence-electron chi connectivity index (χ1n) is 3.66. The lowest BCUT2D eigenvalue weighted by Gasteiger charge is -2.19. The molecule has 1 aliphatic carbocycles. The molecule has 1 saturated carbocycles. The number of aliphatic hydroxyl groups excluding tert-OH is 1. The third-order valence-electron chi connectivity index (χ3n) is 2.50. The summed E-state index contributed by atoms with van der Waals surface area (Å²) in [5.41, 5.74) is 0. The van der Waals surface area contributed by atoms with Gasteiger partial charge in [-0.3, -0.25) is 0 Å². The van der Waals surface area contributed by atoms with Crippen molar-refractivity contribution in [2.75, 3.05) is 6.61 Å². The first-order chi connectivity index (χ1) is 4.40. The average molecular weight is 128 g/mol. The topological polar surface area (TPSA) is 29.5 Å². The summed E-state index contributed by atoms with van der Waals surface area (Å²) in [7, 11) is 0. The van der Waals surface area contributed by atoms with Crippen molar-refractivity contribution >= 4 is 0 Å². The van der Waals surface area contributed by atoms with Gasteiger partial charge < -0.3 is 9.84 Å². The van der Waals surface area contributed by atoms with Crippen molar-refractivity contribution in [1.82, 2.24) is 0 Å². The molecule has 0 spiro atoms. The molecule has 0 radical (unpaired) electrons. The van der Waals surface area contributed by atoms with Gasteiger partial charge >= 0.3 is 0 Å². The van der Waals surface area contributed by atoms with Crippen LogP contribution in [0.1, 0.15) is 19.3 Å². The summed E-state index contributed by atoms with van der Waals surface area (Å²) in [5, 5.41) is 8.76. The minimum Gasteiger partial charge on any atom is -0.394 e. The third kappa shape index (κ3) is 0.775. The van der Waals surface area contributed by atoms with Crippen molar-refractivity contribution in [3.05, 3.63) is 0 Å². The largest absolute Gasteiger partial charge is 0.394 e. The second-order valence-electron chi connectivity index (χ2n) is 3.05. The Morgan fingerprint density at radius 3 is 2.67 bits per heavy atom. The number of ether oxygens (including phenoxy) is 1. The van der Waals surface area contributed by atoms with Crippen molar-refractivity contribution in [3.8, 4) is 0 Å². The molecule has 1 aliphatic heterocycles. The van der Waals surface area contributed by atoms with Gasteiger partial charge in [0.25, 0.3) is 0 Å². The highest BCUT2D eigenvalue weighted by molar-refractivity contribution is 4.88. The summed E-state index contributed by atoms with van der Waals surface area (Å²) < 4.78 is 5.46. The standard InChI is InChI=1S/C7H12O2/c8-4-7-5-1-2-6(3-5)9-7/h5-8H,1-4H2. The molecule has 1 heterocycles. The summed E-state index contributed by atoms with van der Waals surface area (Å²) >= 11 is 0. The maximum Gasteiger partial charge on any atom is 0.0838 e. The molecule has 2 fully saturated rings. The fraction of sp³-hybridized carbons (Fsp3) is 1.00. The van der Waals surface area contributed by atoms with E-state index in [-0.39, 0.29) is 12.7 Å². The predicted molar refractivity (Wildman–Crippen MR) is 33.1 cm³/mol. The van der Waals surface area contributed by atoms with Gasteiger partial charge in [0, 0.05) is 0 Å². The van der Waals surface area contributed by atoms with Crippen LogP contribution in [0.15, 0.2) is 0 Å². The molecule has 2 heteroatoms. The second kappa shape index (κ2) is 1.96. The Balaban J connectivity index is 2.01. The third-order valence-corrected chi connectivity index (χ3v) is 2.50. The first kappa shape index (κ1) is 5.69. The van der Waals surface area contributed by atoms with E-state index in [1.165, 1.54) is 19.3 Å². The molecule has 3 unspecified atom stereocenters. The minimum atomic E-state index is 0.184. The van der Waals surface area contributed by atoms with Gasteiger partial charge in [-0.25, -0.2) is 0 Å². The fourth-order valence-electron chi connectivity index (χ4n) is 1.99. The van der Waals surface area contributed by atoms with Gasteiger partial charge in [0.15, 0.2) is 0 Å². The van der Waals surface area contributed by atoms with E-state index in [2.05, 4.69) is 0 Å². The van der Waals surface area contributed by atoms with E-state index < -0.39 is 0 Å². The zero-order valence-electron chi connectivity index (χ0n) is 5.42. The van der Waals surface area contributed by atoms with Gasteiger partial charge in [0.1, 0.15) is 0 Å². The molecular weight excluding hydrogens is 116 g/mol. The lowest BCUT2D eigenvalue weighted by Crippen LogP contribution is -2.24. The molecule has 2 nitrogen and oxygen atoms in total. The molecular formula is C7H12O2. The molecule has 52 valence electrons. The Morgan fingerprint density at radius 2 is 2.33 bits per heavy atom. The summed E-state index contributed by atoms with van der Waals surface area (Å²) in [6, 6.07) is 0. The summed E-state index contributed by atoms with van der Waals surface area (Å²) in [6.07, 6.45) is 4.37. The predicted octanol–water partition coefficient (Wildman–Crippen LogP) is 0.546. The number of rotatable bonds is 1. The minimum absolute atomic E-state index is 0.184. The van der Waals surface area contributed by atoms with E-state index in [9.17, 15) is 0 Å². The Labute approximate surface area is 54.8 Å². The van der Waals surface area contributed by atoms with E-state index in [1.54, 1.807) is 0 Å². The van der Waals surface area contributed by atoms with Crippen LogP contribution in [0.4, 0.5) is 0 Å². The smallest absolute Gasteiger partial charge is 0.0838 e. The van der Waals surface area contributed by atoms with Crippen LogP contribution in [0, 0.1) is 5.92 Å². The van der Waals surface area contributed by atoms with Crippen LogP contribution >= 0.6 is 0 Å². The molecule has 0 aromatic heterocycles. The first-order valence-corrected chi connectivity index (χ1v) is 3.66. The summed E-state index contributed by atoms with van der Waals surface area (Å²) in [5.74, 6) is 0.681. The van der Waals surface area contributed by atoms with Crippen LogP contribution in [0.3, 0.4) is 0 Å². The van der Waals surface area contributed by atoms with Crippen LogP contribution in [0.25, 0.3) is 0 Å². The maximum atomic E-state index is 8.76. The molecule has 3 atom stereocenters. The Kier molecular flexibility index (Phi) is 1.24. The molecule has 9 heavy (non-hydrogen) atoms. The Bertz CT molecular complexity index is 113. The Hall–Kier alpha value is -0.0800. The highest BCUT2D eigenvalue weighted by atomic mass is 16.5. The van der Waals surface area contributed by atoms with Crippen LogP contribution in [0.2, 0.25) is 0 Å². The van der Waals surface area contributed by atoms with Crippen LogP contribution in [0.5, 0.6) is 0 Å². The monoisotopic (exact) mass is 128 g/mol.